The summed E-state index contributed by atoms with van der Waals surface area (Å²) in [5.74, 6) is -0.674. The third kappa shape index (κ3) is 4.60. The number of likely N-dealkylation sites (tertiary alicyclic amines) is 1. The molecule has 1 N–H and O–H groups in total. The van der Waals surface area contributed by atoms with Gasteiger partial charge in [0.15, 0.2) is 5.78 Å². The van der Waals surface area contributed by atoms with E-state index in [4.69, 9.17) is 11.6 Å². The van der Waals surface area contributed by atoms with Crippen LogP contribution in [0.1, 0.15) is 41.7 Å². The van der Waals surface area contributed by atoms with Crippen LogP contribution in [-0.4, -0.2) is 38.7 Å². The Labute approximate surface area is 169 Å². The number of ketones is 1. The number of hydrogen-bond donors (Lipinski definition) is 1. The fourth-order valence-corrected chi connectivity index (χ4v) is 4.82. The molecule has 2 aromatic carbocycles. The minimum absolute atomic E-state index is 0.00000231. The number of carbonyl (C=O) groups is 1. The van der Waals surface area contributed by atoms with Gasteiger partial charge in [-0.1, -0.05) is 29.8 Å². The Balaban J connectivity index is 1.87. The first-order valence-corrected chi connectivity index (χ1v) is 10.9. The summed E-state index contributed by atoms with van der Waals surface area (Å²) in [6, 6.07) is 9.80. The van der Waals surface area contributed by atoms with E-state index in [1.807, 2.05) is 4.90 Å². The molecule has 0 bridgehead atoms. The van der Waals surface area contributed by atoms with Crippen LogP contribution in [0.15, 0.2) is 47.4 Å². The Bertz CT molecular complexity index is 955. The van der Waals surface area contributed by atoms with Crippen molar-refractivity contribution in [2.45, 2.75) is 30.7 Å². The van der Waals surface area contributed by atoms with E-state index in [-0.39, 0.29) is 22.2 Å². The Morgan fingerprint density at radius 1 is 1.21 bits per heavy atom. The van der Waals surface area contributed by atoms with Crippen LogP contribution in [-0.2, 0) is 10.0 Å². The number of nitrogens with zero attached hydrogens (tertiary/aromatic N) is 1. The third-order valence-corrected chi connectivity index (χ3v) is 6.68. The largest absolute Gasteiger partial charge is 0.295 e. The quantitative estimate of drug-likeness (QED) is 0.686. The van der Waals surface area contributed by atoms with Crippen LogP contribution >= 0.6 is 11.6 Å². The highest BCUT2D eigenvalue weighted by atomic mass is 35.5. The zero-order valence-electron chi connectivity index (χ0n) is 15.5. The van der Waals surface area contributed by atoms with Crippen LogP contribution in [0.4, 0.5) is 4.39 Å². The summed E-state index contributed by atoms with van der Waals surface area (Å²) in [4.78, 5) is 13.6. The van der Waals surface area contributed by atoms with Crippen molar-refractivity contribution < 1.29 is 17.6 Å². The Morgan fingerprint density at radius 2 is 1.89 bits per heavy atom. The normalized spacial score (nSPS) is 16.2. The van der Waals surface area contributed by atoms with Crippen LogP contribution < -0.4 is 4.72 Å². The van der Waals surface area contributed by atoms with Gasteiger partial charge in [0.25, 0.3) is 0 Å². The van der Waals surface area contributed by atoms with E-state index in [0.29, 0.717) is 11.1 Å². The summed E-state index contributed by atoms with van der Waals surface area (Å²) in [6.45, 7) is 2.85. The van der Waals surface area contributed by atoms with Gasteiger partial charge in [0.1, 0.15) is 5.82 Å². The van der Waals surface area contributed by atoms with E-state index < -0.39 is 21.9 Å². The molecule has 2 aromatic rings. The summed E-state index contributed by atoms with van der Waals surface area (Å²) in [5.41, 5.74) is 0.613. The number of rotatable bonds is 7. The lowest BCUT2D eigenvalue weighted by Crippen LogP contribution is -2.37. The molecule has 0 saturated carbocycles. The average molecular weight is 425 g/mol. The fourth-order valence-electron chi connectivity index (χ4n) is 3.45. The maximum absolute atomic E-state index is 14.5. The van der Waals surface area contributed by atoms with Crippen LogP contribution in [0.2, 0.25) is 5.02 Å². The van der Waals surface area contributed by atoms with Gasteiger partial charge >= 0.3 is 0 Å². The number of benzene rings is 2. The monoisotopic (exact) mass is 424 g/mol. The van der Waals surface area contributed by atoms with Crippen LogP contribution in [0.3, 0.4) is 0 Å². The van der Waals surface area contributed by atoms with Gasteiger partial charge < -0.3 is 0 Å². The molecule has 0 aliphatic carbocycles. The van der Waals surface area contributed by atoms with E-state index in [9.17, 15) is 17.6 Å². The molecule has 1 saturated heterocycles. The molecule has 0 spiro atoms. The maximum Gasteiger partial charge on any atom is 0.240 e. The molecule has 3 rings (SSSR count). The summed E-state index contributed by atoms with van der Waals surface area (Å²) in [6.07, 6.45) is 1.94. The van der Waals surface area contributed by atoms with Crippen LogP contribution in [0.5, 0.6) is 0 Å². The molecule has 1 atom stereocenters. The van der Waals surface area contributed by atoms with Crippen molar-refractivity contribution in [3.63, 3.8) is 0 Å². The average Bonchev–Trinajstić information content (AvgIpc) is 3.18. The molecule has 28 heavy (non-hydrogen) atoms. The second-order valence-corrected chi connectivity index (χ2v) is 9.00. The molecule has 1 aliphatic heterocycles. The lowest BCUT2D eigenvalue weighted by Gasteiger charge is -2.29. The molecule has 5 nitrogen and oxygen atoms in total. The molecule has 1 heterocycles. The van der Waals surface area contributed by atoms with Crippen molar-refractivity contribution >= 4 is 27.4 Å². The van der Waals surface area contributed by atoms with Gasteiger partial charge in [0.05, 0.1) is 10.9 Å². The number of hydrogen-bond acceptors (Lipinski definition) is 4. The zero-order chi connectivity index (χ0) is 20.3. The predicted octanol–water partition coefficient (Wildman–Crippen LogP) is 3.80. The number of Topliss-reactive ketones (excluding diaryl/α,β-unsaturated/α-hetero) is 1. The van der Waals surface area contributed by atoms with Gasteiger partial charge in [0.2, 0.25) is 10.0 Å². The van der Waals surface area contributed by atoms with Crippen molar-refractivity contribution in [3.05, 3.63) is 64.4 Å². The van der Waals surface area contributed by atoms with Gasteiger partial charge in [-0.3, -0.25) is 9.69 Å². The molecule has 0 amide bonds. The van der Waals surface area contributed by atoms with E-state index in [0.717, 1.165) is 25.9 Å². The topological polar surface area (TPSA) is 66.5 Å². The summed E-state index contributed by atoms with van der Waals surface area (Å²) in [7, 11) is -3.87. The first-order valence-electron chi connectivity index (χ1n) is 9.08. The van der Waals surface area contributed by atoms with Gasteiger partial charge in [-0.25, -0.2) is 17.5 Å². The molecule has 0 aromatic heterocycles. The summed E-state index contributed by atoms with van der Waals surface area (Å²) in [5, 5.41) is 0.273. The van der Waals surface area contributed by atoms with Crippen LogP contribution in [0, 0.1) is 5.82 Å². The SMILES string of the molecule is CC(=O)c1cccc(S(=O)(=O)NCC(c2c(F)cccc2Cl)N2CCCC2)c1. The summed E-state index contributed by atoms with van der Waals surface area (Å²) >= 11 is 6.24. The van der Waals surface area contributed by atoms with E-state index in [2.05, 4.69) is 4.72 Å². The lowest BCUT2D eigenvalue weighted by atomic mass is 10.0. The smallest absolute Gasteiger partial charge is 0.240 e. The summed E-state index contributed by atoms with van der Waals surface area (Å²) < 4.78 is 42.6. The molecule has 1 aliphatic rings. The molecule has 150 valence electrons. The fraction of sp³-hybridized carbons (Fsp3) is 0.350. The van der Waals surface area contributed by atoms with Gasteiger partial charge in [0, 0.05) is 22.7 Å². The Morgan fingerprint density at radius 3 is 2.54 bits per heavy atom. The minimum Gasteiger partial charge on any atom is -0.295 e. The van der Waals surface area contributed by atoms with Gasteiger partial charge in [-0.15, -0.1) is 0 Å². The van der Waals surface area contributed by atoms with E-state index in [1.54, 1.807) is 12.1 Å². The molecule has 8 heteroatoms. The number of carbonyl (C=O) groups excluding carboxylic acids is 1. The predicted molar refractivity (Wildman–Crippen MR) is 107 cm³/mol. The molecular weight excluding hydrogens is 403 g/mol. The maximum atomic E-state index is 14.5. The molecular formula is C20H22ClFN2O3S. The lowest BCUT2D eigenvalue weighted by molar-refractivity contribution is 0.101. The highest BCUT2D eigenvalue weighted by Gasteiger charge is 2.29. The first kappa shape index (κ1) is 20.9. The molecule has 1 fully saturated rings. The Kier molecular flexibility index (Phi) is 6.50. The van der Waals surface area contributed by atoms with Crippen molar-refractivity contribution in [3.8, 4) is 0 Å². The molecule has 1 unspecified atom stereocenters. The van der Waals surface area contributed by atoms with Crippen molar-refractivity contribution in [1.29, 1.82) is 0 Å². The number of nitrogens with one attached hydrogen (secondary N) is 1. The first-order chi connectivity index (χ1) is 13.3. The minimum atomic E-state index is -3.87. The van der Waals surface area contributed by atoms with Gasteiger partial charge in [-0.2, -0.15) is 0 Å². The van der Waals surface area contributed by atoms with Crippen molar-refractivity contribution in [2.24, 2.45) is 0 Å². The van der Waals surface area contributed by atoms with E-state index >= 15 is 0 Å². The van der Waals surface area contributed by atoms with Gasteiger partial charge in [-0.05, 0) is 57.1 Å². The van der Waals surface area contributed by atoms with Crippen molar-refractivity contribution in [1.82, 2.24) is 9.62 Å². The number of halogens is 2. The Hall–Kier alpha value is -1.80. The highest BCUT2D eigenvalue weighted by Crippen LogP contribution is 2.32. The van der Waals surface area contributed by atoms with E-state index in [1.165, 1.54) is 37.3 Å². The zero-order valence-corrected chi connectivity index (χ0v) is 17.1. The second kappa shape index (κ2) is 8.69. The molecule has 0 radical (unpaired) electrons. The van der Waals surface area contributed by atoms with Crippen LogP contribution in [0.25, 0.3) is 0 Å². The standard InChI is InChI=1S/C20H22ClFN2O3S/c1-14(25)15-6-4-7-16(12-15)28(26,27)23-13-19(24-10-2-3-11-24)20-17(21)8-5-9-18(20)22/h4-9,12,19,23H,2-3,10-11,13H2,1H3. The third-order valence-electron chi connectivity index (χ3n) is 4.93. The van der Waals surface area contributed by atoms with Crippen molar-refractivity contribution in [2.75, 3.05) is 19.6 Å². The number of sulfonamides is 1. The second-order valence-electron chi connectivity index (χ2n) is 6.83. The highest BCUT2D eigenvalue weighted by molar-refractivity contribution is 7.89.